The number of rotatable bonds is 4. The molecule has 0 radical (unpaired) electrons. The molecule has 0 aliphatic heterocycles. The third-order valence-electron chi connectivity index (χ3n) is 3.37. The van der Waals surface area contributed by atoms with Gasteiger partial charge in [0, 0.05) is 17.3 Å². The highest BCUT2D eigenvalue weighted by Crippen LogP contribution is 2.29. The maximum absolute atomic E-state index is 12.5. The fourth-order valence-electron chi connectivity index (χ4n) is 2.12. The van der Waals surface area contributed by atoms with Gasteiger partial charge in [0.1, 0.15) is 11.9 Å². The fraction of sp³-hybridized carbons (Fsp3) is 0.176. The zero-order valence-electron chi connectivity index (χ0n) is 13.6. The summed E-state index contributed by atoms with van der Waals surface area (Å²) < 4.78 is -1.86. The number of halogens is 3. The third-order valence-corrected chi connectivity index (χ3v) is 4.25. The first-order chi connectivity index (χ1) is 12.2. The van der Waals surface area contributed by atoms with Crippen LogP contribution in [0.1, 0.15) is 15.9 Å². The molecule has 0 aliphatic carbocycles. The van der Waals surface area contributed by atoms with Crippen molar-refractivity contribution < 1.29 is 9.90 Å². The summed E-state index contributed by atoms with van der Waals surface area (Å²) in [6.45, 7) is 1.81. The van der Waals surface area contributed by atoms with E-state index in [9.17, 15) is 9.90 Å². The standard InChI is InChI=1S/C17H16Cl3N3O2S/c1-10-5-2-3-8-13(10)14(25)22-15(17(18,19)20)23-16(26)21-11-6-4-7-12(24)9-11/h2-9,15,24H,1H3,(H,22,25)(H2,21,23,26). The first kappa shape index (κ1) is 20.6. The fourth-order valence-corrected chi connectivity index (χ4v) is 2.68. The molecule has 1 unspecified atom stereocenters. The maximum Gasteiger partial charge on any atom is 0.253 e. The van der Waals surface area contributed by atoms with Gasteiger partial charge in [-0.15, -0.1) is 0 Å². The number of thiocarbonyl (C=S) groups is 1. The van der Waals surface area contributed by atoms with Gasteiger partial charge in [0.25, 0.3) is 5.91 Å². The Bertz CT molecular complexity index is 812. The molecular formula is C17H16Cl3N3O2S. The quantitative estimate of drug-likeness (QED) is 0.332. The number of alkyl halides is 3. The Hall–Kier alpha value is -1.73. The molecule has 5 nitrogen and oxygen atoms in total. The van der Waals surface area contributed by atoms with Crippen LogP contribution in [0.15, 0.2) is 48.5 Å². The summed E-state index contributed by atoms with van der Waals surface area (Å²) in [6.07, 6.45) is -1.09. The molecule has 1 amide bonds. The van der Waals surface area contributed by atoms with Crippen molar-refractivity contribution in [1.82, 2.24) is 10.6 Å². The molecule has 0 aromatic heterocycles. The van der Waals surface area contributed by atoms with Crippen LogP contribution < -0.4 is 16.0 Å². The highest BCUT2D eigenvalue weighted by Gasteiger charge is 2.35. The van der Waals surface area contributed by atoms with Gasteiger partial charge in [-0.05, 0) is 42.9 Å². The van der Waals surface area contributed by atoms with Gasteiger partial charge >= 0.3 is 0 Å². The van der Waals surface area contributed by atoms with E-state index >= 15 is 0 Å². The van der Waals surface area contributed by atoms with E-state index in [1.807, 2.05) is 6.07 Å². The van der Waals surface area contributed by atoms with E-state index < -0.39 is 15.9 Å². The van der Waals surface area contributed by atoms with E-state index in [1.54, 1.807) is 37.3 Å². The molecule has 0 heterocycles. The van der Waals surface area contributed by atoms with Crippen LogP contribution in [0.2, 0.25) is 0 Å². The monoisotopic (exact) mass is 431 g/mol. The highest BCUT2D eigenvalue weighted by molar-refractivity contribution is 7.80. The number of nitrogens with one attached hydrogen (secondary N) is 3. The van der Waals surface area contributed by atoms with Crippen LogP contribution in [0.5, 0.6) is 5.75 Å². The Labute approximate surface area is 171 Å². The van der Waals surface area contributed by atoms with Gasteiger partial charge in [0.15, 0.2) is 5.11 Å². The second-order valence-electron chi connectivity index (χ2n) is 5.41. The minimum absolute atomic E-state index is 0.0728. The average Bonchev–Trinajstić information content (AvgIpc) is 2.53. The summed E-state index contributed by atoms with van der Waals surface area (Å²) in [5.41, 5.74) is 1.78. The largest absolute Gasteiger partial charge is 0.508 e. The Morgan fingerprint density at radius 1 is 1.12 bits per heavy atom. The van der Waals surface area contributed by atoms with Gasteiger partial charge < -0.3 is 21.1 Å². The number of benzene rings is 2. The summed E-state index contributed by atoms with van der Waals surface area (Å²) in [5.74, 6) is -0.337. The minimum atomic E-state index is -1.86. The molecule has 0 bridgehead atoms. The van der Waals surface area contributed by atoms with Crippen molar-refractivity contribution in [3.05, 3.63) is 59.7 Å². The molecule has 0 fully saturated rings. The normalized spacial score (nSPS) is 12.2. The van der Waals surface area contributed by atoms with Crippen LogP contribution in [0.25, 0.3) is 0 Å². The van der Waals surface area contributed by atoms with Crippen molar-refractivity contribution in [2.45, 2.75) is 16.9 Å². The Morgan fingerprint density at radius 3 is 2.42 bits per heavy atom. The summed E-state index contributed by atoms with van der Waals surface area (Å²) in [4.78, 5) is 12.5. The second-order valence-corrected chi connectivity index (χ2v) is 8.19. The summed E-state index contributed by atoms with van der Waals surface area (Å²) in [6, 6.07) is 13.4. The zero-order chi connectivity index (χ0) is 19.3. The smallest absolute Gasteiger partial charge is 0.253 e. The lowest BCUT2D eigenvalue weighted by Crippen LogP contribution is -2.56. The van der Waals surface area contributed by atoms with E-state index in [0.29, 0.717) is 11.3 Å². The highest BCUT2D eigenvalue weighted by atomic mass is 35.6. The van der Waals surface area contributed by atoms with Crippen LogP contribution in [-0.2, 0) is 0 Å². The molecule has 2 aromatic rings. The molecule has 138 valence electrons. The predicted molar refractivity (Wildman–Crippen MR) is 110 cm³/mol. The lowest BCUT2D eigenvalue weighted by atomic mass is 10.1. The molecule has 0 aliphatic rings. The van der Waals surface area contributed by atoms with Crippen molar-refractivity contribution in [3.8, 4) is 5.75 Å². The van der Waals surface area contributed by atoms with Gasteiger partial charge in [-0.25, -0.2) is 0 Å². The summed E-state index contributed by atoms with van der Waals surface area (Å²) in [7, 11) is 0. The average molecular weight is 433 g/mol. The molecule has 0 saturated heterocycles. The number of anilines is 1. The van der Waals surface area contributed by atoms with Crippen molar-refractivity contribution in [3.63, 3.8) is 0 Å². The second kappa shape index (κ2) is 8.77. The lowest BCUT2D eigenvalue weighted by Gasteiger charge is -2.28. The van der Waals surface area contributed by atoms with Gasteiger partial charge in [-0.3, -0.25) is 4.79 Å². The molecular weight excluding hydrogens is 417 g/mol. The predicted octanol–water partition coefficient (Wildman–Crippen LogP) is 4.11. The van der Waals surface area contributed by atoms with Crippen molar-refractivity contribution in [1.29, 1.82) is 0 Å². The van der Waals surface area contributed by atoms with Crippen molar-refractivity contribution in [2.75, 3.05) is 5.32 Å². The number of hydrogen-bond acceptors (Lipinski definition) is 3. The first-order valence-electron chi connectivity index (χ1n) is 7.46. The van der Waals surface area contributed by atoms with E-state index in [-0.39, 0.29) is 10.9 Å². The Kier molecular flexibility index (Phi) is 6.94. The Balaban J connectivity index is 2.09. The number of carbonyl (C=O) groups is 1. The van der Waals surface area contributed by atoms with E-state index in [4.69, 9.17) is 47.0 Å². The van der Waals surface area contributed by atoms with Gasteiger partial charge in [-0.1, -0.05) is 59.1 Å². The molecule has 26 heavy (non-hydrogen) atoms. The Morgan fingerprint density at radius 2 is 1.81 bits per heavy atom. The van der Waals surface area contributed by atoms with Crippen LogP contribution in [0.3, 0.4) is 0 Å². The van der Waals surface area contributed by atoms with Crippen molar-refractivity contribution >= 4 is 63.7 Å². The topological polar surface area (TPSA) is 73.4 Å². The van der Waals surface area contributed by atoms with Crippen LogP contribution in [-0.4, -0.2) is 26.1 Å². The van der Waals surface area contributed by atoms with Gasteiger partial charge in [0.2, 0.25) is 3.79 Å². The minimum Gasteiger partial charge on any atom is -0.508 e. The number of amides is 1. The van der Waals surface area contributed by atoms with Crippen LogP contribution in [0.4, 0.5) is 5.69 Å². The first-order valence-corrected chi connectivity index (χ1v) is 9.01. The van der Waals surface area contributed by atoms with Gasteiger partial charge in [0.05, 0.1) is 0 Å². The molecule has 4 N–H and O–H groups in total. The number of aromatic hydroxyl groups is 1. The summed E-state index contributed by atoms with van der Waals surface area (Å²) in [5, 5.41) is 17.8. The molecule has 2 aromatic carbocycles. The van der Waals surface area contributed by atoms with Gasteiger partial charge in [-0.2, -0.15) is 0 Å². The number of aryl methyl sites for hydroxylation is 1. The zero-order valence-corrected chi connectivity index (χ0v) is 16.7. The van der Waals surface area contributed by atoms with Crippen LogP contribution in [0, 0.1) is 6.92 Å². The number of carbonyl (C=O) groups excluding carboxylic acids is 1. The molecule has 9 heteroatoms. The van der Waals surface area contributed by atoms with Crippen LogP contribution >= 0.6 is 47.0 Å². The third kappa shape index (κ3) is 5.92. The molecule has 2 rings (SSSR count). The number of phenolic OH excluding ortho intramolecular Hbond substituents is 1. The summed E-state index contributed by atoms with van der Waals surface area (Å²) >= 11 is 23.1. The number of phenols is 1. The molecule has 0 saturated carbocycles. The number of hydrogen-bond donors (Lipinski definition) is 4. The van der Waals surface area contributed by atoms with E-state index in [2.05, 4.69) is 16.0 Å². The van der Waals surface area contributed by atoms with E-state index in [0.717, 1.165) is 5.56 Å². The van der Waals surface area contributed by atoms with E-state index in [1.165, 1.54) is 12.1 Å². The molecule has 1 atom stereocenters. The SMILES string of the molecule is Cc1ccccc1C(=O)NC(NC(=S)Nc1cccc(O)c1)C(Cl)(Cl)Cl. The van der Waals surface area contributed by atoms with Crippen molar-refractivity contribution in [2.24, 2.45) is 0 Å². The lowest BCUT2D eigenvalue weighted by molar-refractivity contribution is 0.0934. The maximum atomic E-state index is 12.5. The molecule has 0 spiro atoms.